The van der Waals surface area contributed by atoms with Gasteiger partial charge in [0, 0.05) is 22.6 Å². The van der Waals surface area contributed by atoms with E-state index in [1.54, 1.807) is 0 Å². The Labute approximate surface area is 132 Å². The van der Waals surface area contributed by atoms with Gasteiger partial charge in [-0.25, -0.2) is 0 Å². The van der Waals surface area contributed by atoms with Gasteiger partial charge < -0.3 is 15.2 Å². The molecule has 19 heavy (non-hydrogen) atoms. The van der Waals surface area contributed by atoms with Crippen molar-refractivity contribution in [2.24, 2.45) is 0 Å². The van der Waals surface area contributed by atoms with E-state index in [4.69, 9.17) is 4.74 Å². The minimum Gasteiger partial charge on any atom is -0.492 e. The predicted octanol–water partition coefficient (Wildman–Crippen LogP) is 3.86. The monoisotopic (exact) mass is 393 g/mol. The molecule has 0 spiro atoms. The Morgan fingerprint density at radius 1 is 1.32 bits per heavy atom. The molecule has 0 aliphatic rings. The van der Waals surface area contributed by atoms with Gasteiger partial charge in [-0.3, -0.25) is 0 Å². The van der Waals surface area contributed by atoms with E-state index in [2.05, 4.69) is 51.0 Å². The molecular weight excluding hydrogens is 374 g/mol. The molecule has 5 heteroatoms. The smallest absolute Gasteiger partial charge is 0.138 e. The van der Waals surface area contributed by atoms with Crippen LogP contribution < -0.4 is 10.1 Å². The highest BCUT2D eigenvalue weighted by molar-refractivity contribution is 9.11. The van der Waals surface area contributed by atoms with Gasteiger partial charge >= 0.3 is 0 Å². The van der Waals surface area contributed by atoms with E-state index in [9.17, 15) is 5.11 Å². The molecule has 2 N–H and O–H groups in total. The lowest BCUT2D eigenvalue weighted by Gasteiger charge is -2.17. The van der Waals surface area contributed by atoms with Crippen molar-refractivity contribution >= 4 is 31.9 Å². The molecule has 0 saturated heterocycles. The lowest BCUT2D eigenvalue weighted by atomic mass is 10.1. The lowest BCUT2D eigenvalue weighted by Crippen LogP contribution is -2.31. The van der Waals surface area contributed by atoms with Crippen molar-refractivity contribution in [1.82, 2.24) is 5.32 Å². The highest BCUT2D eigenvalue weighted by atomic mass is 79.9. The summed E-state index contributed by atoms with van der Waals surface area (Å²) >= 11 is 7.03. The van der Waals surface area contributed by atoms with Gasteiger partial charge in [0.05, 0.1) is 17.7 Å². The number of rotatable bonds is 8. The highest BCUT2D eigenvalue weighted by Gasteiger charge is 2.12. The molecule has 0 radical (unpaired) electrons. The van der Waals surface area contributed by atoms with Crippen molar-refractivity contribution in [2.45, 2.75) is 39.3 Å². The van der Waals surface area contributed by atoms with Crippen LogP contribution in [0, 0.1) is 0 Å². The number of hydrogen-bond acceptors (Lipinski definition) is 3. The average molecular weight is 395 g/mol. The molecule has 0 bridgehead atoms. The second kappa shape index (κ2) is 8.95. The third kappa shape index (κ3) is 5.42. The number of ether oxygens (including phenoxy) is 1. The van der Waals surface area contributed by atoms with Crippen molar-refractivity contribution in [2.75, 3.05) is 13.2 Å². The zero-order chi connectivity index (χ0) is 14.3. The van der Waals surface area contributed by atoms with Gasteiger partial charge in [0.25, 0.3) is 0 Å². The molecule has 1 atom stereocenters. The second-order valence-corrected chi connectivity index (χ2v) is 6.16. The van der Waals surface area contributed by atoms with E-state index in [1.807, 2.05) is 12.1 Å². The summed E-state index contributed by atoms with van der Waals surface area (Å²) in [6.45, 7) is 5.67. The van der Waals surface area contributed by atoms with Gasteiger partial charge in [-0.1, -0.05) is 29.8 Å². The maximum atomic E-state index is 9.21. The first-order chi connectivity index (χ1) is 9.12. The summed E-state index contributed by atoms with van der Waals surface area (Å²) in [6, 6.07) is 4.15. The van der Waals surface area contributed by atoms with Crippen LogP contribution >= 0.6 is 31.9 Å². The van der Waals surface area contributed by atoms with Crippen LogP contribution in [0.4, 0.5) is 0 Å². The lowest BCUT2D eigenvalue weighted by molar-refractivity contribution is 0.237. The van der Waals surface area contributed by atoms with Crippen LogP contribution in [0.1, 0.15) is 32.3 Å². The van der Waals surface area contributed by atoms with Crippen LogP contribution in [-0.4, -0.2) is 24.4 Å². The van der Waals surface area contributed by atoms with E-state index in [-0.39, 0.29) is 12.6 Å². The van der Waals surface area contributed by atoms with Crippen molar-refractivity contribution in [3.8, 4) is 5.75 Å². The Morgan fingerprint density at radius 3 is 2.63 bits per heavy atom. The van der Waals surface area contributed by atoms with Crippen molar-refractivity contribution in [3.63, 3.8) is 0 Å². The first kappa shape index (κ1) is 17.0. The normalized spacial score (nSPS) is 12.5. The third-order valence-electron chi connectivity index (χ3n) is 2.83. The third-order valence-corrected chi connectivity index (χ3v) is 3.88. The molecule has 0 aromatic heterocycles. The Kier molecular flexibility index (Phi) is 7.99. The molecule has 3 nitrogen and oxygen atoms in total. The number of aliphatic hydroxyl groups excluding tert-OH is 1. The number of nitrogens with one attached hydrogen (secondary N) is 1. The van der Waals surface area contributed by atoms with Crippen molar-refractivity contribution in [3.05, 3.63) is 26.6 Å². The highest BCUT2D eigenvalue weighted by Crippen LogP contribution is 2.33. The minimum atomic E-state index is 0.122. The standard InChI is InChI=1S/C14H21Br2NO2/c1-3-5-19-14-10(6-11(15)7-13(14)16)8-17-12(4-2)9-18/h6-7,12,17-18H,3-5,8-9H2,1-2H3/t12-/m0/s1. The first-order valence-electron chi connectivity index (χ1n) is 6.57. The maximum absolute atomic E-state index is 9.21. The van der Waals surface area contributed by atoms with Gasteiger partial charge in [0.1, 0.15) is 5.75 Å². The Hall–Kier alpha value is -0.100. The zero-order valence-corrected chi connectivity index (χ0v) is 14.6. The molecule has 0 aliphatic carbocycles. The van der Waals surface area contributed by atoms with Crippen molar-refractivity contribution in [1.29, 1.82) is 0 Å². The summed E-state index contributed by atoms with van der Waals surface area (Å²) in [5.41, 5.74) is 1.08. The zero-order valence-electron chi connectivity index (χ0n) is 11.4. The molecule has 1 rings (SSSR count). The number of halogens is 2. The molecular formula is C14H21Br2NO2. The quantitative estimate of drug-likeness (QED) is 0.703. The fourth-order valence-electron chi connectivity index (χ4n) is 1.70. The summed E-state index contributed by atoms with van der Waals surface area (Å²) in [4.78, 5) is 0. The molecule has 0 unspecified atom stereocenters. The van der Waals surface area contributed by atoms with Crippen LogP contribution in [0.25, 0.3) is 0 Å². The second-order valence-electron chi connectivity index (χ2n) is 4.39. The van der Waals surface area contributed by atoms with Crippen LogP contribution in [0.5, 0.6) is 5.75 Å². The number of hydrogen-bond donors (Lipinski definition) is 2. The van der Waals surface area contributed by atoms with E-state index < -0.39 is 0 Å². The van der Waals surface area contributed by atoms with Crippen LogP contribution in [0.3, 0.4) is 0 Å². The Bertz CT molecular complexity index is 395. The van der Waals surface area contributed by atoms with Gasteiger partial charge in [-0.05, 0) is 40.9 Å². The average Bonchev–Trinajstić information content (AvgIpc) is 2.38. The largest absolute Gasteiger partial charge is 0.492 e. The summed E-state index contributed by atoms with van der Waals surface area (Å²) in [6.07, 6.45) is 1.88. The Balaban J connectivity index is 2.84. The fraction of sp³-hybridized carbons (Fsp3) is 0.571. The minimum absolute atomic E-state index is 0.122. The van der Waals surface area contributed by atoms with E-state index in [0.29, 0.717) is 13.2 Å². The molecule has 0 heterocycles. The molecule has 0 amide bonds. The van der Waals surface area contributed by atoms with Crippen molar-refractivity contribution < 1.29 is 9.84 Å². The van der Waals surface area contributed by atoms with Crippen LogP contribution in [0.15, 0.2) is 21.1 Å². The van der Waals surface area contributed by atoms with Gasteiger partial charge in [-0.2, -0.15) is 0 Å². The summed E-state index contributed by atoms with van der Waals surface area (Å²) in [5.74, 6) is 0.880. The molecule has 1 aromatic carbocycles. The van der Waals surface area contributed by atoms with Crippen LogP contribution in [-0.2, 0) is 6.54 Å². The molecule has 1 aromatic rings. The fourth-order valence-corrected chi connectivity index (χ4v) is 3.13. The summed E-state index contributed by atoms with van der Waals surface area (Å²) in [7, 11) is 0. The molecule has 108 valence electrons. The SMILES string of the molecule is CCCOc1c(Br)cc(Br)cc1CN[C@@H](CC)CO. The Morgan fingerprint density at radius 2 is 2.05 bits per heavy atom. The maximum Gasteiger partial charge on any atom is 0.138 e. The summed E-state index contributed by atoms with van der Waals surface area (Å²) in [5, 5.41) is 12.5. The van der Waals surface area contributed by atoms with Gasteiger partial charge in [-0.15, -0.1) is 0 Å². The number of benzene rings is 1. The molecule has 0 saturated carbocycles. The molecule has 0 aliphatic heterocycles. The summed E-state index contributed by atoms with van der Waals surface area (Å²) < 4.78 is 7.76. The van der Waals surface area contributed by atoms with Crippen LogP contribution in [0.2, 0.25) is 0 Å². The van der Waals surface area contributed by atoms with Gasteiger partial charge in [0.15, 0.2) is 0 Å². The predicted molar refractivity (Wildman–Crippen MR) is 85.6 cm³/mol. The van der Waals surface area contributed by atoms with Gasteiger partial charge in [0.2, 0.25) is 0 Å². The van der Waals surface area contributed by atoms with E-state index in [0.717, 1.165) is 33.1 Å². The first-order valence-corrected chi connectivity index (χ1v) is 8.15. The molecule has 0 fully saturated rings. The van der Waals surface area contributed by atoms with E-state index >= 15 is 0 Å². The topological polar surface area (TPSA) is 41.5 Å². The number of aliphatic hydroxyl groups is 1. The van der Waals surface area contributed by atoms with E-state index in [1.165, 1.54) is 0 Å².